The zero-order valence-electron chi connectivity index (χ0n) is 11.5. The van der Waals surface area contributed by atoms with E-state index in [0.29, 0.717) is 5.75 Å². The highest BCUT2D eigenvalue weighted by Crippen LogP contribution is 2.26. The van der Waals surface area contributed by atoms with Crippen molar-refractivity contribution >= 4 is 5.69 Å². The second-order valence-electron chi connectivity index (χ2n) is 4.73. The maximum atomic E-state index is 9.86. The Morgan fingerprint density at radius 1 is 1.10 bits per heavy atom. The molecule has 1 atom stereocenters. The van der Waals surface area contributed by atoms with Crippen LogP contribution in [0.15, 0.2) is 54.9 Å². The number of tetrazole rings is 1. The molecular formula is C15H15N5O. The summed E-state index contributed by atoms with van der Waals surface area (Å²) in [5, 5.41) is 24.3. The van der Waals surface area contributed by atoms with Crippen molar-refractivity contribution < 1.29 is 5.11 Å². The first kappa shape index (κ1) is 13.1. The van der Waals surface area contributed by atoms with Crippen LogP contribution in [0.25, 0.3) is 5.69 Å². The van der Waals surface area contributed by atoms with Crippen molar-refractivity contribution in [3.05, 3.63) is 60.4 Å². The van der Waals surface area contributed by atoms with Crippen molar-refractivity contribution in [1.82, 2.24) is 20.2 Å². The molecule has 1 unspecified atom stereocenters. The van der Waals surface area contributed by atoms with Crippen LogP contribution in [0.3, 0.4) is 0 Å². The van der Waals surface area contributed by atoms with Crippen LogP contribution >= 0.6 is 0 Å². The van der Waals surface area contributed by atoms with E-state index in [9.17, 15) is 5.11 Å². The number of aromatic nitrogens is 4. The lowest BCUT2D eigenvalue weighted by Crippen LogP contribution is -2.07. The Labute approximate surface area is 122 Å². The lowest BCUT2D eigenvalue weighted by Gasteiger charge is -2.17. The van der Waals surface area contributed by atoms with E-state index in [1.54, 1.807) is 17.1 Å². The zero-order valence-corrected chi connectivity index (χ0v) is 11.5. The standard InChI is InChI=1S/C15H15N5O/c1-11(14-4-2-3-5-15(14)21)17-12-6-8-13(9-7-12)20-10-16-18-19-20/h2-11,17,21H,1H3. The van der Waals surface area contributed by atoms with Gasteiger partial charge >= 0.3 is 0 Å². The molecule has 0 fully saturated rings. The van der Waals surface area contributed by atoms with Crippen molar-refractivity contribution in [2.45, 2.75) is 13.0 Å². The molecule has 0 aliphatic rings. The zero-order chi connectivity index (χ0) is 14.7. The largest absolute Gasteiger partial charge is 0.508 e. The van der Waals surface area contributed by atoms with Gasteiger partial charge < -0.3 is 10.4 Å². The molecule has 106 valence electrons. The minimum Gasteiger partial charge on any atom is -0.508 e. The topological polar surface area (TPSA) is 75.9 Å². The molecule has 1 aromatic heterocycles. The molecule has 0 aliphatic carbocycles. The average molecular weight is 281 g/mol. The summed E-state index contributed by atoms with van der Waals surface area (Å²) < 4.78 is 1.59. The van der Waals surface area contributed by atoms with Crippen molar-refractivity contribution in [3.8, 4) is 11.4 Å². The summed E-state index contributed by atoms with van der Waals surface area (Å²) in [5.41, 5.74) is 2.71. The molecule has 0 saturated carbocycles. The fourth-order valence-electron chi connectivity index (χ4n) is 2.17. The van der Waals surface area contributed by atoms with Gasteiger partial charge in [-0.15, -0.1) is 5.10 Å². The summed E-state index contributed by atoms with van der Waals surface area (Å²) in [6.45, 7) is 2.00. The highest BCUT2D eigenvalue weighted by atomic mass is 16.3. The van der Waals surface area contributed by atoms with Crippen LogP contribution in [-0.2, 0) is 0 Å². The van der Waals surface area contributed by atoms with Crippen molar-refractivity contribution in [1.29, 1.82) is 0 Å². The van der Waals surface area contributed by atoms with Gasteiger partial charge in [-0.2, -0.15) is 0 Å². The van der Waals surface area contributed by atoms with E-state index in [4.69, 9.17) is 0 Å². The normalized spacial score (nSPS) is 12.0. The van der Waals surface area contributed by atoms with E-state index in [0.717, 1.165) is 16.9 Å². The molecule has 1 heterocycles. The van der Waals surface area contributed by atoms with Gasteiger partial charge in [0.05, 0.1) is 11.7 Å². The number of para-hydroxylation sites is 1. The second kappa shape index (κ2) is 5.62. The Kier molecular flexibility index (Phi) is 3.51. The average Bonchev–Trinajstić information content (AvgIpc) is 3.02. The number of aromatic hydroxyl groups is 1. The Hall–Kier alpha value is -2.89. The third-order valence-corrected chi connectivity index (χ3v) is 3.27. The molecule has 0 saturated heterocycles. The Balaban J connectivity index is 1.75. The van der Waals surface area contributed by atoms with Gasteiger partial charge in [0.25, 0.3) is 0 Å². The predicted molar refractivity (Wildman–Crippen MR) is 79.3 cm³/mol. The molecule has 3 aromatic rings. The van der Waals surface area contributed by atoms with Crippen molar-refractivity contribution in [2.75, 3.05) is 5.32 Å². The van der Waals surface area contributed by atoms with Crippen LogP contribution < -0.4 is 5.32 Å². The van der Waals surface area contributed by atoms with E-state index in [1.165, 1.54) is 0 Å². The fourth-order valence-corrected chi connectivity index (χ4v) is 2.17. The first-order chi connectivity index (χ1) is 10.2. The van der Waals surface area contributed by atoms with Gasteiger partial charge in [-0.3, -0.25) is 0 Å². The number of hydrogen-bond acceptors (Lipinski definition) is 5. The molecule has 0 spiro atoms. The van der Waals surface area contributed by atoms with Gasteiger partial charge in [0.1, 0.15) is 12.1 Å². The number of nitrogens with one attached hydrogen (secondary N) is 1. The third kappa shape index (κ3) is 2.84. The number of phenols is 1. The summed E-state index contributed by atoms with van der Waals surface area (Å²) in [6.07, 6.45) is 1.55. The van der Waals surface area contributed by atoms with Gasteiger partial charge in [-0.25, -0.2) is 4.68 Å². The molecule has 0 radical (unpaired) electrons. The molecule has 6 nitrogen and oxygen atoms in total. The number of phenolic OH excluding ortho intramolecular Hbond substituents is 1. The second-order valence-corrected chi connectivity index (χ2v) is 4.73. The molecule has 0 bridgehead atoms. The first-order valence-electron chi connectivity index (χ1n) is 6.62. The molecule has 2 aromatic carbocycles. The predicted octanol–water partition coefficient (Wildman–Crippen LogP) is 2.54. The van der Waals surface area contributed by atoms with Crippen LogP contribution in [-0.4, -0.2) is 25.3 Å². The molecule has 3 rings (SSSR count). The summed E-state index contributed by atoms with van der Waals surface area (Å²) in [6, 6.07) is 15.1. The monoisotopic (exact) mass is 281 g/mol. The summed E-state index contributed by atoms with van der Waals surface area (Å²) in [5.74, 6) is 0.294. The van der Waals surface area contributed by atoms with Gasteiger partial charge in [0.2, 0.25) is 0 Å². The minimum absolute atomic E-state index is 0.00471. The van der Waals surface area contributed by atoms with E-state index in [2.05, 4.69) is 20.8 Å². The van der Waals surface area contributed by atoms with E-state index >= 15 is 0 Å². The van der Waals surface area contributed by atoms with Gasteiger partial charge in [0.15, 0.2) is 0 Å². The van der Waals surface area contributed by atoms with Gasteiger partial charge in [0, 0.05) is 11.3 Å². The number of anilines is 1. The molecule has 2 N–H and O–H groups in total. The fraction of sp³-hybridized carbons (Fsp3) is 0.133. The lowest BCUT2D eigenvalue weighted by atomic mass is 10.1. The van der Waals surface area contributed by atoms with Gasteiger partial charge in [-0.1, -0.05) is 18.2 Å². The van der Waals surface area contributed by atoms with Crippen LogP contribution in [0.5, 0.6) is 5.75 Å². The quantitative estimate of drug-likeness (QED) is 0.768. The molecule has 0 amide bonds. The van der Waals surface area contributed by atoms with Gasteiger partial charge in [-0.05, 0) is 47.7 Å². The Morgan fingerprint density at radius 3 is 2.52 bits per heavy atom. The maximum Gasteiger partial charge on any atom is 0.143 e. The van der Waals surface area contributed by atoms with E-state index in [1.807, 2.05) is 49.4 Å². The van der Waals surface area contributed by atoms with Crippen LogP contribution in [0.4, 0.5) is 5.69 Å². The maximum absolute atomic E-state index is 9.86. The Morgan fingerprint density at radius 2 is 1.86 bits per heavy atom. The third-order valence-electron chi connectivity index (χ3n) is 3.27. The number of nitrogens with zero attached hydrogens (tertiary/aromatic N) is 4. The van der Waals surface area contributed by atoms with E-state index < -0.39 is 0 Å². The first-order valence-corrected chi connectivity index (χ1v) is 6.62. The van der Waals surface area contributed by atoms with Crippen LogP contribution in [0, 0.1) is 0 Å². The Bertz CT molecular complexity index is 709. The molecule has 21 heavy (non-hydrogen) atoms. The summed E-state index contributed by atoms with van der Waals surface area (Å²) >= 11 is 0. The number of hydrogen-bond donors (Lipinski definition) is 2. The number of benzene rings is 2. The smallest absolute Gasteiger partial charge is 0.143 e. The minimum atomic E-state index is 0.00471. The highest BCUT2D eigenvalue weighted by Gasteiger charge is 2.09. The summed E-state index contributed by atoms with van der Waals surface area (Å²) in [4.78, 5) is 0. The SMILES string of the molecule is CC(Nc1ccc(-n2cnnn2)cc1)c1ccccc1O. The molecular weight excluding hydrogens is 266 g/mol. The summed E-state index contributed by atoms with van der Waals surface area (Å²) in [7, 11) is 0. The van der Waals surface area contributed by atoms with Crippen LogP contribution in [0.1, 0.15) is 18.5 Å². The van der Waals surface area contributed by atoms with E-state index in [-0.39, 0.29) is 6.04 Å². The highest BCUT2D eigenvalue weighted by molar-refractivity contribution is 5.50. The van der Waals surface area contributed by atoms with Crippen molar-refractivity contribution in [2.24, 2.45) is 0 Å². The van der Waals surface area contributed by atoms with Crippen molar-refractivity contribution in [3.63, 3.8) is 0 Å². The molecule has 6 heteroatoms. The molecule has 0 aliphatic heterocycles. The lowest BCUT2D eigenvalue weighted by molar-refractivity contribution is 0.465. The van der Waals surface area contributed by atoms with Crippen LogP contribution in [0.2, 0.25) is 0 Å². The number of rotatable bonds is 4.